The first-order valence-electron chi connectivity index (χ1n) is 4.03. The minimum atomic E-state index is -1.16. The fourth-order valence-corrected chi connectivity index (χ4v) is 2.30. The van der Waals surface area contributed by atoms with Crippen LogP contribution in [0.3, 0.4) is 0 Å². The number of nitrogens with zero attached hydrogens (tertiary/aromatic N) is 1. The molecule has 0 amide bonds. The van der Waals surface area contributed by atoms with Gasteiger partial charge in [-0.25, -0.2) is 9.78 Å². The van der Waals surface area contributed by atoms with Crippen molar-refractivity contribution in [3.05, 3.63) is 16.6 Å². The Hall–Kier alpha value is -0.940. The maximum absolute atomic E-state index is 11.1. The number of thiazole rings is 1. The Morgan fingerprint density at radius 2 is 2.62 bits per heavy atom. The molecule has 1 aromatic heterocycles. The van der Waals surface area contributed by atoms with Crippen molar-refractivity contribution in [1.82, 2.24) is 4.98 Å². The third-order valence-corrected chi connectivity index (χ3v) is 3.06. The molecule has 0 bridgehead atoms. The minimum Gasteiger partial charge on any atom is -0.479 e. The van der Waals surface area contributed by atoms with Gasteiger partial charge in [-0.1, -0.05) is 0 Å². The van der Waals surface area contributed by atoms with E-state index in [1.165, 1.54) is 11.3 Å². The summed E-state index contributed by atoms with van der Waals surface area (Å²) in [4.78, 5) is 15.1. The van der Waals surface area contributed by atoms with Crippen LogP contribution in [0.1, 0.15) is 17.8 Å². The number of carboxylic acids is 1. The largest absolute Gasteiger partial charge is 0.479 e. The van der Waals surface area contributed by atoms with Crippen molar-refractivity contribution < 1.29 is 14.6 Å². The molecule has 1 unspecified atom stereocenters. The van der Waals surface area contributed by atoms with Gasteiger partial charge in [-0.3, -0.25) is 0 Å². The van der Waals surface area contributed by atoms with Gasteiger partial charge in [0.25, 0.3) is 0 Å². The monoisotopic (exact) mass is 199 g/mol. The third kappa shape index (κ3) is 1.24. The van der Waals surface area contributed by atoms with Crippen molar-refractivity contribution in [2.24, 2.45) is 0 Å². The van der Waals surface area contributed by atoms with E-state index in [9.17, 15) is 4.79 Å². The van der Waals surface area contributed by atoms with E-state index in [0.29, 0.717) is 18.0 Å². The molecule has 1 aromatic rings. The fourth-order valence-electron chi connectivity index (χ4n) is 1.49. The zero-order valence-electron chi connectivity index (χ0n) is 6.90. The first kappa shape index (κ1) is 8.65. The molecular formula is C8H9NO3S. The van der Waals surface area contributed by atoms with Gasteiger partial charge in [0.1, 0.15) is 5.01 Å². The molecule has 0 saturated carbocycles. The molecule has 0 aromatic carbocycles. The van der Waals surface area contributed by atoms with Crippen molar-refractivity contribution in [3.63, 3.8) is 0 Å². The van der Waals surface area contributed by atoms with E-state index in [-0.39, 0.29) is 0 Å². The van der Waals surface area contributed by atoms with Crippen LogP contribution >= 0.6 is 11.3 Å². The summed E-state index contributed by atoms with van der Waals surface area (Å²) in [7, 11) is 0. The summed E-state index contributed by atoms with van der Waals surface area (Å²) in [6, 6.07) is 0. The number of ether oxygens (including phenoxy) is 1. The maximum atomic E-state index is 11.1. The van der Waals surface area contributed by atoms with Gasteiger partial charge in [0.15, 0.2) is 0 Å². The zero-order valence-corrected chi connectivity index (χ0v) is 7.71. The van der Waals surface area contributed by atoms with Crippen LogP contribution in [0.25, 0.3) is 0 Å². The van der Waals surface area contributed by atoms with Gasteiger partial charge in [-0.2, -0.15) is 0 Å². The number of aromatic nitrogens is 1. The smallest absolute Gasteiger partial charge is 0.343 e. The Labute approximate surface area is 79.2 Å². The van der Waals surface area contributed by atoms with Gasteiger partial charge in [0, 0.05) is 18.2 Å². The Kier molecular flexibility index (Phi) is 2.05. The SMILES string of the molecule is O=C(O)C1(c2nccs2)CCCO1. The van der Waals surface area contributed by atoms with E-state index < -0.39 is 11.6 Å². The molecule has 0 radical (unpaired) electrons. The first-order valence-corrected chi connectivity index (χ1v) is 4.91. The molecule has 5 heteroatoms. The summed E-state index contributed by atoms with van der Waals surface area (Å²) in [5, 5.41) is 11.4. The quantitative estimate of drug-likeness (QED) is 0.778. The van der Waals surface area contributed by atoms with E-state index in [0.717, 1.165) is 6.42 Å². The normalized spacial score (nSPS) is 27.7. The number of hydrogen-bond acceptors (Lipinski definition) is 4. The average molecular weight is 199 g/mol. The summed E-state index contributed by atoms with van der Waals surface area (Å²) in [5.74, 6) is -0.931. The maximum Gasteiger partial charge on any atom is 0.343 e. The predicted octanol–water partition coefficient (Wildman–Crippen LogP) is 1.23. The fraction of sp³-hybridized carbons (Fsp3) is 0.500. The van der Waals surface area contributed by atoms with Gasteiger partial charge < -0.3 is 9.84 Å². The van der Waals surface area contributed by atoms with Crippen LogP contribution in [-0.4, -0.2) is 22.7 Å². The van der Waals surface area contributed by atoms with Crippen molar-refractivity contribution in [2.45, 2.75) is 18.4 Å². The molecule has 4 nitrogen and oxygen atoms in total. The second kappa shape index (κ2) is 3.08. The first-order chi connectivity index (χ1) is 6.26. The lowest BCUT2D eigenvalue weighted by molar-refractivity contribution is -0.161. The Bertz CT molecular complexity index is 303. The van der Waals surface area contributed by atoms with Crippen LogP contribution in [0, 0.1) is 0 Å². The van der Waals surface area contributed by atoms with E-state index >= 15 is 0 Å². The second-order valence-electron chi connectivity index (χ2n) is 2.92. The second-order valence-corrected chi connectivity index (χ2v) is 3.82. The van der Waals surface area contributed by atoms with Gasteiger partial charge in [0.2, 0.25) is 5.60 Å². The molecule has 70 valence electrons. The van der Waals surface area contributed by atoms with E-state index in [2.05, 4.69) is 4.98 Å². The number of rotatable bonds is 2. The highest BCUT2D eigenvalue weighted by molar-refractivity contribution is 7.09. The highest BCUT2D eigenvalue weighted by Crippen LogP contribution is 2.37. The molecule has 0 aliphatic carbocycles. The number of hydrogen-bond donors (Lipinski definition) is 1. The summed E-state index contributed by atoms with van der Waals surface area (Å²) < 4.78 is 5.29. The lowest BCUT2D eigenvalue weighted by Gasteiger charge is -2.19. The molecule has 1 aliphatic rings. The molecule has 1 N–H and O–H groups in total. The summed E-state index contributed by atoms with van der Waals surface area (Å²) in [6.07, 6.45) is 2.91. The van der Waals surface area contributed by atoms with E-state index in [1.807, 2.05) is 0 Å². The molecule has 1 saturated heterocycles. The van der Waals surface area contributed by atoms with Gasteiger partial charge in [-0.05, 0) is 12.8 Å². The van der Waals surface area contributed by atoms with Crippen molar-refractivity contribution in [3.8, 4) is 0 Å². The molecule has 2 rings (SSSR count). The van der Waals surface area contributed by atoms with E-state index in [1.54, 1.807) is 11.6 Å². The van der Waals surface area contributed by atoms with Crippen LogP contribution in [0.15, 0.2) is 11.6 Å². The number of carboxylic acid groups (broad SMARTS) is 1. The highest BCUT2D eigenvalue weighted by atomic mass is 32.1. The molecule has 1 fully saturated rings. The molecule has 13 heavy (non-hydrogen) atoms. The Morgan fingerprint density at radius 3 is 3.08 bits per heavy atom. The van der Waals surface area contributed by atoms with Crippen LogP contribution in [0.4, 0.5) is 0 Å². The third-order valence-electron chi connectivity index (χ3n) is 2.14. The summed E-state index contributed by atoms with van der Waals surface area (Å²) >= 11 is 1.33. The molecule has 1 atom stereocenters. The van der Waals surface area contributed by atoms with E-state index in [4.69, 9.17) is 9.84 Å². The van der Waals surface area contributed by atoms with Crippen molar-refractivity contribution >= 4 is 17.3 Å². The van der Waals surface area contributed by atoms with Gasteiger partial charge in [0.05, 0.1) is 0 Å². The van der Waals surface area contributed by atoms with Crippen LogP contribution in [0.2, 0.25) is 0 Å². The predicted molar refractivity (Wildman–Crippen MR) is 46.6 cm³/mol. The van der Waals surface area contributed by atoms with Crippen molar-refractivity contribution in [1.29, 1.82) is 0 Å². The Balaban J connectivity index is 2.39. The van der Waals surface area contributed by atoms with Gasteiger partial charge in [-0.15, -0.1) is 11.3 Å². The lowest BCUT2D eigenvalue weighted by Crippen LogP contribution is -2.34. The van der Waals surface area contributed by atoms with Crippen molar-refractivity contribution in [2.75, 3.05) is 6.61 Å². The van der Waals surface area contributed by atoms with Gasteiger partial charge >= 0.3 is 5.97 Å². The minimum absolute atomic E-state index is 0.506. The molecule has 0 spiro atoms. The molecule has 1 aliphatic heterocycles. The van der Waals surface area contributed by atoms with Crippen LogP contribution in [-0.2, 0) is 15.1 Å². The highest BCUT2D eigenvalue weighted by Gasteiger charge is 2.46. The zero-order chi connectivity index (χ0) is 9.31. The van der Waals surface area contributed by atoms with Crippen LogP contribution < -0.4 is 0 Å². The lowest BCUT2D eigenvalue weighted by atomic mass is 10.0. The molecule has 2 heterocycles. The molecular weight excluding hydrogens is 190 g/mol. The average Bonchev–Trinajstić information content (AvgIpc) is 2.75. The topological polar surface area (TPSA) is 59.4 Å². The Morgan fingerprint density at radius 1 is 1.77 bits per heavy atom. The summed E-state index contributed by atoms with van der Waals surface area (Å²) in [6.45, 7) is 0.506. The number of aliphatic carboxylic acids is 1. The summed E-state index contributed by atoms with van der Waals surface area (Å²) in [5.41, 5.74) is -1.16. The standard InChI is InChI=1S/C8H9NO3S/c10-7(11)8(2-1-4-12-8)6-9-3-5-13-6/h3,5H,1-2,4H2,(H,10,11). The number of carbonyl (C=O) groups is 1. The van der Waals surface area contributed by atoms with Crippen LogP contribution in [0.5, 0.6) is 0 Å².